The van der Waals surface area contributed by atoms with E-state index in [4.69, 9.17) is 0 Å². The SMILES string of the molecule is CC(C)N1CC(=O)N2CC(CC(C)N3CCN4CCCC4C3)CC2C1. The van der Waals surface area contributed by atoms with Crippen LogP contribution in [0.5, 0.6) is 0 Å². The number of hydrogen-bond acceptors (Lipinski definition) is 4. The zero-order chi connectivity index (χ0) is 17.6. The second-order valence-corrected chi connectivity index (χ2v) is 9.24. The minimum Gasteiger partial charge on any atom is -0.337 e. The van der Waals surface area contributed by atoms with E-state index in [0.29, 0.717) is 36.5 Å². The third kappa shape index (κ3) is 3.60. The van der Waals surface area contributed by atoms with Gasteiger partial charge in [0, 0.05) is 56.9 Å². The second-order valence-electron chi connectivity index (χ2n) is 9.24. The van der Waals surface area contributed by atoms with Crippen molar-refractivity contribution in [2.75, 3.05) is 45.8 Å². The molecule has 4 atom stereocenters. The van der Waals surface area contributed by atoms with Crippen LogP contribution in [0.25, 0.3) is 0 Å². The lowest BCUT2D eigenvalue weighted by molar-refractivity contribution is -0.138. The molecular formula is C20H36N4O. The predicted octanol–water partition coefficient (Wildman–Crippen LogP) is 1.49. The first-order valence-corrected chi connectivity index (χ1v) is 10.5. The second kappa shape index (κ2) is 7.16. The Morgan fingerprint density at radius 3 is 2.60 bits per heavy atom. The monoisotopic (exact) mass is 348 g/mol. The number of hydrogen-bond donors (Lipinski definition) is 0. The van der Waals surface area contributed by atoms with E-state index >= 15 is 0 Å². The van der Waals surface area contributed by atoms with E-state index in [-0.39, 0.29) is 0 Å². The Hall–Kier alpha value is -0.650. The first-order valence-electron chi connectivity index (χ1n) is 10.5. The van der Waals surface area contributed by atoms with E-state index in [2.05, 4.69) is 40.4 Å². The van der Waals surface area contributed by atoms with Crippen molar-refractivity contribution in [3.05, 3.63) is 0 Å². The smallest absolute Gasteiger partial charge is 0.237 e. The van der Waals surface area contributed by atoms with Crippen LogP contribution in [0.4, 0.5) is 0 Å². The Labute approximate surface area is 153 Å². The van der Waals surface area contributed by atoms with E-state index < -0.39 is 0 Å². The molecule has 1 amide bonds. The normalized spacial score (nSPS) is 36.1. The molecule has 5 heteroatoms. The Kier molecular flexibility index (Phi) is 5.09. The fraction of sp³-hybridized carbons (Fsp3) is 0.950. The molecule has 25 heavy (non-hydrogen) atoms. The van der Waals surface area contributed by atoms with Crippen molar-refractivity contribution < 1.29 is 4.79 Å². The third-order valence-corrected chi connectivity index (χ3v) is 7.25. The molecule has 0 aromatic heterocycles. The van der Waals surface area contributed by atoms with E-state index in [1.54, 1.807) is 0 Å². The first kappa shape index (κ1) is 17.7. The summed E-state index contributed by atoms with van der Waals surface area (Å²) in [5.41, 5.74) is 0. The highest BCUT2D eigenvalue weighted by atomic mass is 16.2. The van der Waals surface area contributed by atoms with Crippen LogP contribution in [0.3, 0.4) is 0 Å². The molecule has 4 aliphatic heterocycles. The molecule has 0 radical (unpaired) electrons. The average Bonchev–Trinajstić information content (AvgIpc) is 3.20. The number of amides is 1. The molecular weight excluding hydrogens is 312 g/mol. The van der Waals surface area contributed by atoms with Crippen molar-refractivity contribution in [1.82, 2.24) is 19.6 Å². The van der Waals surface area contributed by atoms with Crippen molar-refractivity contribution >= 4 is 5.91 Å². The van der Waals surface area contributed by atoms with E-state index in [9.17, 15) is 4.79 Å². The zero-order valence-electron chi connectivity index (χ0n) is 16.4. The highest BCUT2D eigenvalue weighted by molar-refractivity contribution is 5.79. The fourth-order valence-corrected chi connectivity index (χ4v) is 5.70. The maximum Gasteiger partial charge on any atom is 0.237 e. The quantitative estimate of drug-likeness (QED) is 0.770. The van der Waals surface area contributed by atoms with Gasteiger partial charge in [0.25, 0.3) is 0 Å². The Morgan fingerprint density at radius 1 is 1.00 bits per heavy atom. The van der Waals surface area contributed by atoms with Crippen LogP contribution >= 0.6 is 0 Å². The zero-order valence-corrected chi connectivity index (χ0v) is 16.4. The van der Waals surface area contributed by atoms with Crippen LogP contribution < -0.4 is 0 Å². The lowest BCUT2D eigenvalue weighted by atomic mass is 9.95. The van der Waals surface area contributed by atoms with Crippen molar-refractivity contribution in [2.24, 2.45) is 5.92 Å². The Morgan fingerprint density at radius 2 is 1.80 bits per heavy atom. The minimum atomic E-state index is 0.361. The maximum atomic E-state index is 12.5. The number of carbonyl (C=O) groups excluding carboxylic acids is 1. The average molecular weight is 349 g/mol. The lowest BCUT2D eigenvalue weighted by Crippen LogP contribution is -2.55. The van der Waals surface area contributed by atoms with E-state index in [1.807, 2.05) is 0 Å². The van der Waals surface area contributed by atoms with Crippen LogP contribution in [-0.2, 0) is 4.79 Å². The Bertz CT molecular complexity index is 496. The van der Waals surface area contributed by atoms with Gasteiger partial charge in [-0.15, -0.1) is 0 Å². The molecule has 142 valence electrons. The summed E-state index contributed by atoms with van der Waals surface area (Å²) in [4.78, 5) is 22.5. The molecule has 4 saturated heterocycles. The molecule has 0 aromatic carbocycles. The summed E-state index contributed by atoms with van der Waals surface area (Å²) in [6, 6.07) is 2.41. The first-order chi connectivity index (χ1) is 12.0. The highest BCUT2D eigenvalue weighted by Gasteiger charge is 2.41. The van der Waals surface area contributed by atoms with Gasteiger partial charge in [-0.2, -0.15) is 0 Å². The van der Waals surface area contributed by atoms with Crippen molar-refractivity contribution in [3.63, 3.8) is 0 Å². The summed E-state index contributed by atoms with van der Waals surface area (Å²) in [5.74, 6) is 1.05. The van der Waals surface area contributed by atoms with Gasteiger partial charge in [-0.05, 0) is 58.9 Å². The van der Waals surface area contributed by atoms with Gasteiger partial charge in [0.15, 0.2) is 0 Å². The van der Waals surface area contributed by atoms with Crippen LogP contribution in [0, 0.1) is 5.92 Å². The molecule has 0 aliphatic carbocycles. The third-order valence-electron chi connectivity index (χ3n) is 7.25. The van der Waals surface area contributed by atoms with Crippen LogP contribution in [0.2, 0.25) is 0 Å². The summed E-state index contributed by atoms with van der Waals surface area (Å²) in [7, 11) is 0. The van der Waals surface area contributed by atoms with E-state index in [0.717, 1.165) is 19.1 Å². The minimum absolute atomic E-state index is 0.361. The molecule has 0 bridgehead atoms. The summed E-state index contributed by atoms with van der Waals surface area (Å²) in [6.45, 7) is 14.6. The number of rotatable bonds is 4. The summed E-state index contributed by atoms with van der Waals surface area (Å²) in [5, 5.41) is 0. The molecule has 0 spiro atoms. The summed E-state index contributed by atoms with van der Waals surface area (Å²) < 4.78 is 0. The van der Waals surface area contributed by atoms with Gasteiger partial charge in [-0.3, -0.25) is 19.5 Å². The largest absolute Gasteiger partial charge is 0.337 e. The highest BCUT2D eigenvalue weighted by Crippen LogP contribution is 2.32. The summed E-state index contributed by atoms with van der Waals surface area (Å²) >= 11 is 0. The van der Waals surface area contributed by atoms with Crippen molar-refractivity contribution in [1.29, 1.82) is 0 Å². The molecule has 0 aromatic rings. The molecule has 4 heterocycles. The van der Waals surface area contributed by atoms with Crippen LogP contribution in [-0.4, -0.2) is 95.5 Å². The molecule has 0 saturated carbocycles. The molecule has 5 nitrogen and oxygen atoms in total. The standard InChI is InChI=1S/C20H36N4O/c1-15(2)23-13-19-10-17(11-24(19)20(25)14-23)9-16(3)22-8-7-21-6-4-5-18(21)12-22/h15-19H,4-14H2,1-3H3. The predicted molar refractivity (Wildman–Crippen MR) is 101 cm³/mol. The van der Waals surface area contributed by atoms with Gasteiger partial charge < -0.3 is 4.90 Å². The molecule has 4 rings (SSSR count). The number of nitrogens with zero attached hydrogens (tertiary/aromatic N) is 4. The molecule has 4 fully saturated rings. The van der Waals surface area contributed by atoms with E-state index in [1.165, 1.54) is 51.9 Å². The lowest BCUT2D eigenvalue weighted by Gasteiger charge is -2.41. The van der Waals surface area contributed by atoms with Crippen LogP contribution in [0.1, 0.15) is 46.5 Å². The molecule has 4 unspecified atom stereocenters. The number of fused-ring (bicyclic) bond motifs is 2. The van der Waals surface area contributed by atoms with Gasteiger partial charge in [-0.1, -0.05) is 0 Å². The van der Waals surface area contributed by atoms with Gasteiger partial charge in [0.05, 0.1) is 6.54 Å². The van der Waals surface area contributed by atoms with Crippen LogP contribution in [0.15, 0.2) is 0 Å². The van der Waals surface area contributed by atoms with Crippen molar-refractivity contribution in [3.8, 4) is 0 Å². The fourth-order valence-electron chi connectivity index (χ4n) is 5.70. The number of piperazine rings is 2. The number of carbonyl (C=O) groups is 1. The van der Waals surface area contributed by atoms with Gasteiger partial charge in [0.2, 0.25) is 5.91 Å². The maximum absolute atomic E-state index is 12.5. The molecule has 4 aliphatic rings. The summed E-state index contributed by atoms with van der Waals surface area (Å²) in [6.07, 6.45) is 5.25. The van der Waals surface area contributed by atoms with Gasteiger partial charge in [0.1, 0.15) is 0 Å². The van der Waals surface area contributed by atoms with Gasteiger partial charge in [-0.25, -0.2) is 0 Å². The Balaban J connectivity index is 1.31. The van der Waals surface area contributed by atoms with Crippen molar-refractivity contribution in [2.45, 2.75) is 70.6 Å². The molecule has 0 N–H and O–H groups in total. The topological polar surface area (TPSA) is 30.0 Å². The van der Waals surface area contributed by atoms with Gasteiger partial charge >= 0.3 is 0 Å².